The average molecular weight is 266 g/mol. The summed E-state index contributed by atoms with van der Waals surface area (Å²) >= 11 is 0. The van der Waals surface area contributed by atoms with E-state index in [1.165, 1.54) is 12.1 Å². The number of likely N-dealkylation sites (tertiary alicyclic amines) is 1. The first kappa shape index (κ1) is 13.8. The predicted molar refractivity (Wildman–Crippen MR) is 72.1 cm³/mol. The van der Waals surface area contributed by atoms with E-state index in [2.05, 4.69) is 17.1 Å². The zero-order chi connectivity index (χ0) is 13.8. The maximum absolute atomic E-state index is 13.5. The molecule has 0 bridgehead atoms. The zero-order valence-electron chi connectivity index (χ0n) is 11.0. The molecule has 4 nitrogen and oxygen atoms in total. The van der Waals surface area contributed by atoms with Gasteiger partial charge in [0.05, 0.1) is 5.56 Å². The molecule has 0 radical (unpaired) electrons. The van der Waals surface area contributed by atoms with E-state index < -0.39 is 11.8 Å². The molecule has 0 aliphatic carbocycles. The van der Waals surface area contributed by atoms with Crippen LogP contribution in [0, 0.1) is 11.7 Å². The van der Waals surface area contributed by atoms with Gasteiger partial charge in [0.25, 0.3) is 0 Å². The van der Waals surface area contributed by atoms with Crippen molar-refractivity contribution >= 4 is 11.7 Å². The molecule has 1 aliphatic rings. The molecule has 1 aromatic rings. The van der Waals surface area contributed by atoms with Crippen molar-refractivity contribution in [3.63, 3.8) is 0 Å². The van der Waals surface area contributed by atoms with Crippen LogP contribution in [0.2, 0.25) is 0 Å². The van der Waals surface area contributed by atoms with Crippen LogP contribution in [0.5, 0.6) is 0 Å². The summed E-state index contributed by atoms with van der Waals surface area (Å²) in [7, 11) is 0. The first-order chi connectivity index (χ1) is 9.10. The largest absolute Gasteiger partial charge is 0.478 e. The fourth-order valence-electron chi connectivity index (χ4n) is 2.43. The maximum atomic E-state index is 13.5. The van der Waals surface area contributed by atoms with E-state index >= 15 is 0 Å². The summed E-state index contributed by atoms with van der Waals surface area (Å²) in [6.45, 7) is 6.20. The minimum Gasteiger partial charge on any atom is -0.478 e. The molecule has 1 saturated heterocycles. The Morgan fingerprint density at radius 1 is 1.58 bits per heavy atom. The van der Waals surface area contributed by atoms with Gasteiger partial charge in [0.2, 0.25) is 0 Å². The fourth-order valence-corrected chi connectivity index (χ4v) is 2.43. The number of halogens is 1. The lowest BCUT2D eigenvalue weighted by molar-refractivity contribution is 0.0692. The van der Waals surface area contributed by atoms with Crippen molar-refractivity contribution in [2.75, 3.05) is 31.5 Å². The molecule has 0 saturated carbocycles. The number of aromatic carboxylic acids is 1. The standard InChI is InChI=1S/C14H19FN2O2/c1-2-17-6-5-10(9-17)8-16-11-3-4-12(14(18)19)13(15)7-11/h3-4,7,10,16H,2,5-6,8-9H2,1H3,(H,18,19). The van der Waals surface area contributed by atoms with E-state index in [1.54, 1.807) is 6.07 Å². The Hall–Kier alpha value is -1.62. The van der Waals surface area contributed by atoms with Crippen molar-refractivity contribution in [3.8, 4) is 0 Å². The molecule has 1 fully saturated rings. The molecule has 2 N–H and O–H groups in total. The Morgan fingerprint density at radius 3 is 2.95 bits per heavy atom. The molecular weight excluding hydrogens is 247 g/mol. The minimum atomic E-state index is -1.24. The third-order valence-corrected chi connectivity index (χ3v) is 3.61. The molecule has 0 spiro atoms. The Bertz CT molecular complexity index is 465. The van der Waals surface area contributed by atoms with Gasteiger partial charge in [0, 0.05) is 18.8 Å². The molecule has 104 valence electrons. The quantitative estimate of drug-likeness (QED) is 0.858. The van der Waals surface area contributed by atoms with Crippen molar-refractivity contribution in [3.05, 3.63) is 29.6 Å². The van der Waals surface area contributed by atoms with E-state index in [9.17, 15) is 9.18 Å². The Labute approximate surface area is 112 Å². The molecule has 1 atom stereocenters. The van der Waals surface area contributed by atoms with Crippen LogP contribution in [0.1, 0.15) is 23.7 Å². The lowest BCUT2D eigenvalue weighted by Gasteiger charge is -2.14. The fraction of sp³-hybridized carbons (Fsp3) is 0.500. The van der Waals surface area contributed by atoms with Gasteiger partial charge in [-0.05, 0) is 43.6 Å². The molecular formula is C14H19FN2O2. The summed E-state index contributed by atoms with van der Waals surface area (Å²) in [5.41, 5.74) is 0.348. The van der Waals surface area contributed by atoms with E-state index in [-0.39, 0.29) is 5.56 Å². The van der Waals surface area contributed by atoms with Crippen LogP contribution in [-0.4, -0.2) is 42.2 Å². The van der Waals surface area contributed by atoms with Gasteiger partial charge in [-0.25, -0.2) is 9.18 Å². The highest BCUT2D eigenvalue weighted by Gasteiger charge is 2.20. The third-order valence-electron chi connectivity index (χ3n) is 3.61. The molecule has 0 amide bonds. The summed E-state index contributed by atoms with van der Waals surface area (Å²) < 4.78 is 13.5. The van der Waals surface area contributed by atoms with E-state index in [1.807, 2.05) is 0 Å². The highest BCUT2D eigenvalue weighted by molar-refractivity contribution is 5.88. The molecule has 1 aliphatic heterocycles. The maximum Gasteiger partial charge on any atom is 0.338 e. The summed E-state index contributed by atoms with van der Waals surface area (Å²) in [4.78, 5) is 13.1. The van der Waals surface area contributed by atoms with Gasteiger partial charge in [-0.2, -0.15) is 0 Å². The van der Waals surface area contributed by atoms with Crippen LogP contribution in [0.3, 0.4) is 0 Å². The van der Waals surface area contributed by atoms with Gasteiger partial charge in [-0.15, -0.1) is 0 Å². The van der Waals surface area contributed by atoms with Crippen LogP contribution in [0.25, 0.3) is 0 Å². The molecule has 1 aromatic carbocycles. The Kier molecular flexibility index (Phi) is 4.37. The average Bonchev–Trinajstić information content (AvgIpc) is 2.84. The van der Waals surface area contributed by atoms with Crippen LogP contribution in [0.15, 0.2) is 18.2 Å². The Morgan fingerprint density at radius 2 is 2.37 bits per heavy atom. The first-order valence-corrected chi connectivity index (χ1v) is 6.59. The smallest absolute Gasteiger partial charge is 0.338 e. The number of carbonyl (C=O) groups is 1. The molecule has 0 aromatic heterocycles. The summed E-state index contributed by atoms with van der Waals surface area (Å²) in [5, 5.41) is 11.9. The lowest BCUT2D eigenvalue weighted by Crippen LogP contribution is -2.22. The predicted octanol–water partition coefficient (Wildman–Crippen LogP) is 2.28. The summed E-state index contributed by atoms with van der Waals surface area (Å²) in [6.07, 6.45) is 1.15. The number of nitrogens with zero attached hydrogens (tertiary/aromatic N) is 1. The molecule has 1 unspecified atom stereocenters. The zero-order valence-corrected chi connectivity index (χ0v) is 11.0. The van der Waals surface area contributed by atoms with Crippen molar-refractivity contribution in [2.45, 2.75) is 13.3 Å². The number of nitrogens with one attached hydrogen (secondary N) is 1. The highest BCUT2D eigenvalue weighted by atomic mass is 19.1. The first-order valence-electron chi connectivity index (χ1n) is 6.59. The Balaban J connectivity index is 1.90. The molecule has 2 rings (SSSR count). The highest BCUT2D eigenvalue weighted by Crippen LogP contribution is 2.18. The molecule has 19 heavy (non-hydrogen) atoms. The second-order valence-electron chi connectivity index (χ2n) is 4.93. The van der Waals surface area contributed by atoms with E-state index in [0.717, 1.165) is 32.6 Å². The number of hydrogen-bond acceptors (Lipinski definition) is 3. The van der Waals surface area contributed by atoms with Crippen LogP contribution < -0.4 is 5.32 Å². The molecule has 5 heteroatoms. The van der Waals surface area contributed by atoms with E-state index in [4.69, 9.17) is 5.11 Å². The minimum absolute atomic E-state index is 0.288. The second kappa shape index (κ2) is 6.02. The van der Waals surface area contributed by atoms with Gasteiger partial charge >= 0.3 is 5.97 Å². The number of anilines is 1. The van der Waals surface area contributed by atoms with Gasteiger partial charge < -0.3 is 15.3 Å². The van der Waals surface area contributed by atoms with Gasteiger partial charge in [-0.3, -0.25) is 0 Å². The monoisotopic (exact) mass is 266 g/mol. The van der Waals surface area contributed by atoms with Crippen LogP contribution in [-0.2, 0) is 0 Å². The number of benzene rings is 1. The lowest BCUT2D eigenvalue weighted by atomic mass is 10.1. The van der Waals surface area contributed by atoms with Crippen LogP contribution in [0.4, 0.5) is 10.1 Å². The van der Waals surface area contributed by atoms with Gasteiger partial charge in [-0.1, -0.05) is 6.92 Å². The topological polar surface area (TPSA) is 52.6 Å². The van der Waals surface area contributed by atoms with Crippen molar-refractivity contribution in [2.24, 2.45) is 5.92 Å². The number of hydrogen-bond donors (Lipinski definition) is 2. The van der Waals surface area contributed by atoms with Crippen molar-refractivity contribution in [1.29, 1.82) is 0 Å². The number of carboxylic acids is 1. The number of rotatable bonds is 5. The van der Waals surface area contributed by atoms with Crippen molar-refractivity contribution in [1.82, 2.24) is 4.90 Å². The SMILES string of the molecule is CCN1CCC(CNc2ccc(C(=O)O)c(F)c2)C1. The number of carboxylic acid groups (broad SMARTS) is 1. The summed E-state index contributed by atoms with van der Waals surface area (Å²) in [6, 6.07) is 4.15. The normalized spacial score (nSPS) is 19.6. The van der Waals surface area contributed by atoms with Crippen molar-refractivity contribution < 1.29 is 14.3 Å². The molecule has 1 heterocycles. The van der Waals surface area contributed by atoms with Gasteiger partial charge in [0.1, 0.15) is 5.82 Å². The van der Waals surface area contributed by atoms with Crippen LogP contribution >= 0.6 is 0 Å². The van der Waals surface area contributed by atoms with E-state index in [0.29, 0.717) is 11.6 Å². The second-order valence-corrected chi connectivity index (χ2v) is 4.93. The van der Waals surface area contributed by atoms with Gasteiger partial charge in [0.15, 0.2) is 0 Å². The summed E-state index contributed by atoms with van der Waals surface area (Å²) in [5.74, 6) is -1.36. The third kappa shape index (κ3) is 3.44.